The van der Waals surface area contributed by atoms with Gasteiger partial charge in [0.2, 0.25) is 0 Å². The van der Waals surface area contributed by atoms with Crippen LogP contribution >= 0.6 is 0 Å². The average molecular weight is 283 g/mol. The number of pyridine rings is 1. The van der Waals surface area contributed by atoms with Gasteiger partial charge in [0.1, 0.15) is 5.82 Å². The third-order valence-corrected chi connectivity index (χ3v) is 4.54. The summed E-state index contributed by atoms with van der Waals surface area (Å²) in [5.74, 6) is 1.15. The molecular formula is C18H25N3. The second kappa shape index (κ2) is 6.90. The van der Waals surface area contributed by atoms with Crippen molar-refractivity contribution in [1.29, 1.82) is 0 Å². The molecule has 3 rings (SSSR count). The lowest BCUT2D eigenvalue weighted by molar-refractivity contribution is 0.412. The minimum atomic E-state index is 0.628. The molecule has 1 heterocycles. The number of hydrogen-bond donors (Lipinski definition) is 1. The quantitative estimate of drug-likeness (QED) is 0.909. The third kappa shape index (κ3) is 3.18. The second-order valence-corrected chi connectivity index (χ2v) is 5.98. The molecule has 1 aromatic carbocycles. The molecule has 0 amide bonds. The zero-order chi connectivity index (χ0) is 14.5. The highest BCUT2D eigenvalue weighted by molar-refractivity contribution is 5.92. The fourth-order valence-corrected chi connectivity index (χ4v) is 3.45. The lowest BCUT2D eigenvalue weighted by Crippen LogP contribution is -2.39. The van der Waals surface area contributed by atoms with Crippen LogP contribution in [0.4, 0.5) is 5.82 Å². The number of benzene rings is 1. The van der Waals surface area contributed by atoms with Crippen LogP contribution in [-0.4, -0.2) is 24.1 Å². The smallest absolute Gasteiger partial charge is 0.136 e. The molecule has 112 valence electrons. The molecule has 1 aliphatic carbocycles. The maximum atomic E-state index is 5.75. The zero-order valence-electron chi connectivity index (χ0n) is 12.7. The van der Waals surface area contributed by atoms with Crippen molar-refractivity contribution in [3.8, 4) is 0 Å². The Kier molecular flexibility index (Phi) is 4.71. The van der Waals surface area contributed by atoms with Crippen molar-refractivity contribution >= 4 is 16.6 Å². The number of nitrogens with two attached hydrogens (primary N) is 1. The number of hydrogen-bond acceptors (Lipinski definition) is 3. The van der Waals surface area contributed by atoms with Crippen molar-refractivity contribution in [2.75, 3.05) is 18.0 Å². The number of nitrogens with zero attached hydrogens (tertiary/aromatic N) is 2. The van der Waals surface area contributed by atoms with Crippen molar-refractivity contribution in [3.63, 3.8) is 0 Å². The number of rotatable bonds is 5. The monoisotopic (exact) mass is 283 g/mol. The minimum Gasteiger partial charge on any atom is -0.353 e. The Bertz CT molecular complexity index is 570. The van der Waals surface area contributed by atoms with E-state index in [4.69, 9.17) is 10.7 Å². The van der Waals surface area contributed by atoms with E-state index in [1.807, 2.05) is 6.20 Å². The molecule has 0 radical (unpaired) electrons. The van der Waals surface area contributed by atoms with Crippen LogP contribution in [0.15, 0.2) is 36.5 Å². The van der Waals surface area contributed by atoms with Crippen LogP contribution in [-0.2, 0) is 0 Å². The Hall–Kier alpha value is -1.61. The molecule has 1 fully saturated rings. The molecule has 3 nitrogen and oxygen atoms in total. The van der Waals surface area contributed by atoms with Gasteiger partial charge in [-0.2, -0.15) is 0 Å². The van der Waals surface area contributed by atoms with Crippen molar-refractivity contribution < 1.29 is 0 Å². The van der Waals surface area contributed by atoms with E-state index in [2.05, 4.69) is 35.2 Å². The molecular weight excluding hydrogens is 258 g/mol. The molecule has 2 N–H and O–H groups in total. The van der Waals surface area contributed by atoms with Crippen LogP contribution in [0.1, 0.15) is 38.5 Å². The van der Waals surface area contributed by atoms with Gasteiger partial charge < -0.3 is 10.6 Å². The summed E-state index contributed by atoms with van der Waals surface area (Å²) in [6.45, 7) is 1.76. The van der Waals surface area contributed by atoms with Crippen molar-refractivity contribution in [2.45, 2.75) is 44.6 Å². The Labute approximate surface area is 127 Å². The SMILES string of the molecule is NCCCN(c1nccc2ccccc12)C1CCCCC1. The van der Waals surface area contributed by atoms with E-state index in [-0.39, 0.29) is 0 Å². The molecule has 3 heteroatoms. The van der Waals surface area contributed by atoms with Crippen molar-refractivity contribution in [2.24, 2.45) is 5.73 Å². The van der Waals surface area contributed by atoms with E-state index in [0.717, 1.165) is 25.3 Å². The summed E-state index contributed by atoms with van der Waals surface area (Å²) in [7, 11) is 0. The fourth-order valence-electron chi connectivity index (χ4n) is 3.45. The van der Waals surface area contributed by atoms with Crippen molar-refractivity contribution in [1.82, 2.24) is 4.98 Å². The largest absolute Gasteiger partial charge is 0.353 e. The first-order valence-electron chi connectivity index (χ1n) is 8.20. The van der Waals surface area contributed by atoms with Gasteiger partial charge in [0.05, 0.1) is 0 Å². The van der Waals surface area contributed by atoms with E-state index in [0.29, 0.717) is 6.04 Å². The Balaban J connectivity index is 1.96. The first-order valence-corrected chi connectivity index (χ1v) is 8.20. The predicted molar refractivity (Wildman–Crippen MR) is 89.6 cm³/mol. The number of anilines is 1. The van der Waals surface area contributed by atoms with Gasteiger partial charge in [-0.05, 0) is 37.3 Å². The third-order valence-electron chi connectivity index (χ3n) is 4.54. The van der Waals surface area contributed by atoms with Crippen LogP contribution in [0.3, 0.4) is 0 Å². The molecule has 0 spiro atoms. The first kappa shape index (κ1) is 14.3. The summed E-state index contributed by atoms with van der Waals surface area (Å²) >= 11 is 0. The lowest BCUT2D eigenvalue weighted by atomic mass is 9.93. The molecule has 1 saturated carbocycles. The molecule has 1 aliphatic rings. The first-order chi connectivity index (χ1) is 10.4. The summed E-state index contributed by atoms with van der Waals surface area (Å²) in [4.78, 5) is 7.24. The zero-order valence-corrected chi connectivity index (χ0v) is 12.7. The molecule has 1 aromatic heterocycles. The Morgan fingerprint density at radius 3 is 2.71 bits per heavy atom. The summed E-state index contributed by atoms with van der Waals surface area (Å²) < 4.78 is 0. The van der Waals surface area contributed by atoms with E-state index in [9.17, 15) is 0 Å². The van der Waals surface area contributed by atoms with Crippen LogP contribution in [0, 0.1) is 0 Å². The molecule has 0 bridgehead atoms. The molecule has 2 aromatic rings. The van der Waals surface area contributed by atoms with Gasteiger partial charge in [-0.15, -0.1) is 0 Å². The van der Waals surface area contributed by atoms with Gasteiger partial charge in [-0.1, -0.05) is 43.5 Å². The maximum Gasteiger partial charge on any atom is 0.136 e. The second-order valence-electron chi connectivity index (χ2n) is 5.98. The van der Waals surface area contributed by atoms with Crippen LogP contribution in [0.5, 0.6) is 0 Å². The lowest BCUT2D eigenvalue weighted by Gasteiger charge is -2.36. The molecule has 0 atom stereocenters. The van der Waals surface area contributed by atoms with Crippen LogP contribution in [0.25, 0.3) is 10.8 Å². The molecule has 0 unspecified atom stereocenters. The van der Waals surface area contributed by atoms with E-state index >= 15 is 0 Å². The van der Waals surface area contributed by atoms with Gasteiger partial charge in [0, 0.05) is 24.2 Å². The fraction of sp³-hybridized carbons (Fsp3) is 0.500. The van der Waals surface area contributed by atoms with Gasteiger partial charge in [0.25, 0.3) is 0 Å². The standard InChI is InChI=1S/C18H25N3/c19-12-6-14-21(16-8-2-1-3-9-16)18-17-10-5-4-7-15(17)11-13-20-18/h4-5,7,10-11,13,16H,1-3,6,8-9,12,14,19H2. The van der Waals surface area contributed by atoms with Crippen molar-refractivity contribution in [3.05, 3.63) is 36.5 Å². The van der Waals surface area contributed by atoms with Crippen LogP contribution < -0.4 is 10.6 Å². The predicted octanol–water partition coefficient (Wildman–Crippen LogP) is 3.72. The highest BCUT2D eigenvalue weighted by Crippen LogP contribution is 2.30. The average Bonchev–Trinajstić information content (AvgIpc) is 2.56. The van der Waals surface area contributed by atoms with Gasteiger partial charge in [-0.3, -0.25) is 0 Å². The van der Waals surface area contributed by atoms with E-state index in [1.165, 1.54) is 42.9 Å². The topological polar surface area (TPSA) is 42.1 Å². The molecule has 0 aliphatic heterocycles. The Morgan fingerprint density at radius 2 is 1.90 bits per heavy atom. The van der Waals surface area contributed by atoms with Gasteiger partial charge in [0.15, 0.2) is 0 Å². The summed E-state index contributed by atoms with van der Waals surface area (Å²) in [6, 6.07) is 11.3. The molecule has 0 saturated heterocycles. The van der Waals surface area contributed by atoms with Gasteiger partial charge in [-0.25, -0.2) is 4.98 Å². The highest BCUT2D eigenvalue weighted by atomic mass is 15.2. The number of aromatic nitrogens is 1. The molecule has 21 heavy (non-hydrogen) atoms. The van der Waals surface area contributed by atoms with E-state index in [1.54, 1.807) is 0 Å². The van der Waals surface area contributed by atoms with Gasteiger partial charge >= 0.3 is 0 Å². The highest BCUT2D eigenvalue weighted by Gasteiger charge is 2.23. The summed E-state index contributed by atoms with van der Waals surface area (Å²) in [5.41, 5.74) is 5.75. The maximum absolute atomic E-state index is 5.75. The van der Waals surface area contributed by atoms with E-state index < -0.39 is 0 Å². The van der Waals surface area contributed by atoms with Crippen LogP contribution in [0.2, 0.25) is 0 Å². The number of fused-ring (bicyclic) bond motifs is 1. The normalized spacial score (nSPS) is 16.2. The summed E-state index contributed by atoms with van der Waals surface area (Å²) in [5, 5.41) is 2.54. The minimum absolute atomic E-state index is 0.628. The summed E-state index contributed by atoms with van der Waals surface area (Å²) in [6.07, 6.45) is 9.61. The Morgan fingerprint density at radius 1 is 1.10 bits per heavy atom.